The fourth-order valence-corrected chi connectivity index (χ4v) is 4.04. The number of nitrogens with zero attached hydrogens (tertiary/aromatic N) is 1. The molecule has 0 unspecified atom stereocenters. The van der Waals surface area contributed by atoms with Crippen LogP contribution in [0.4, 0.5) is 0 Å². The third-order valence-corrected chi connectivity index (χ3v) is 5.48. The van der Waals surface area contributed by atoms with E-state index < -0.39 is 0 Å². The molecule has 0 N–H and O–H groups in total. The smallest absolute Gasteiger partial charge is 0.344 e. The first kappa shape index (κ1) is 17.0. The third-order valence-electron chi connectivity index (χ3n) is 5.48. The van der Waals surface area contributed by atoms with E-state index in [9.17, 15) is 4.79 Å². The van der Waals surface area contributed by atoms with E-state index in [1.807, 2.05) is 31.2 Å². The second-order valence-corrected chi connectivity index (χ2v) is 7.55. The lowest BCUT2D eigenvalue weighted by molar-refractivity contribution is 0.0881. The lowest BCUT2D eigenvalue weighted by Crippen LogP contribution is -2.31. The van der Waals surface area contributed by atoms with Gasteiger partial charge in [-0.05, 0) is 36.9 Å². The van der Waals surface area contributed by atoms with Crippen LogP contribution in [0.25, 0.3) is 21.7 Å². The lowest BCUT2D eigenvalue weighted by Gasteiger charge is -2.30. The molecule has 2 heterocycles. The highest BCUT2D eigenvalue weighted by molar-refractivity contribution is 6.06. The van der Waals surface area contributed by atoms with Gasteiger partial charge in [0, 0.05) is 29.6 Å². The molecule has 0 bridgehead atoms. The Morgan fingerprint density at radius 3 is 2.50 bits per heavy atom. The van der Waals surface area contributed by atoms with Gasteiger partial charge in [-0.2, -0.15) is 0 Å². The summed E-state index contributed by atoms with van der Waals surface area (Å²) in [6.45, 7) is 6.22. The molecule has 0 atom stereocenters. The van der Waals surface area contributed by atoms with Gasteiger partial charge in [-0.15, -0.1) is 0 Å². The number of fused-ring (bicyclic) bond motifs is 4. The minimum atomic E-state index is -0.303. The Kier molecular flexibility index (Phi) is 3.95. The summed E-state index contributed by atoms with van der Waals surface area (Å²) >= 11 is 0. The van der Waals surface area contributed by atoms with Gasteiger partial charge < -0.3 is 9.15 Å². The summed E-state index contributed by atoms with van der Waals surface area (Å²) in [5.41, 5.74) is 4.87. The van der Waals surface area contributed by atoms with Crippen LogP contribution in [-0.2, 0) is 13.1 Å². The zero-order valence-corrected chi connectivity index (χ0v) is 16.0. The molecule has 0 aliphatic carbocycles. The summed E-state index contributed by atoms with van der Waals surface area (Å²) in [6.07, 6.45) is 0. The van der Waals surface area contributed by atoms with Crippen LogP contribution >= 0.6 is 0 Å². The number of ether oxygens (including phenoxy) is 1. The topological polar surface area (TPSA) is 42.7 Å². The van der Waals surface area contributed by atoms with Crippen molar-refractivity contribution in [3.8, 4) is 5.75 Å². The predicted molar refractivity (Wildman–Crippen MR) is 111 cm³/mol. The predicted octanol–water partition coefficient (Wildman–Crippen LogP) is 4.92. The first-order chi connectivity index (χ1) is 13.6. The van der Waals surface area contributed by atoms with Gasteiger partial charge in [-0.3, -0.25) is 4.90 Å². The van der Waals surface area contributed by atoms with E-state index in [-0.39, 0.29) is 5.63 Å². The molecule has 4 aromatic rings. The summed E-state index contributed by atoms with van der Waals surface area (Å²) in [4.78, 5) is 14.7. The van der Waals surface area contributed by atoms with Crippen LogP contribution in [0.3, 0.4) is 0 Å². The number of benzene rings is 3. The summed E-state index contributed by atoms with van der Waals surface area (Å²) < 4.78 is 11.7. The van der Waals surface area contributed by atoms with Gasteiger partial charge in [0.1, 0.15) is 18.1 Å². The summed E-state index contributed by atoms with van der Waals surface area (Å²) in [5.74, 6) is 0.839. The molecule has 4 heteroatoms. The van der Waals surface area contributed by atoms with Crippen molar-refractivity contribution >= 4 is 21.7 Å². The van der Waals surface area contributed by atoms with Crippen molar-refractivity contribution in [3.63, 3.8) is 0 Å². The van der Waals surface area contributed by atoms with Crippen molar-refractivity contribution in [3.05, 3.63) is 87.3 Å². The maximum Gasteiger partial charge on any atom is 0.344 e. The van der Waals surface area contributed by atoms with Crippen molar-refractivity contribution in [1.29, 1.82) is 0 Å². The second-order valence-electron chi connectivity index (χ2n) is 7.55. The highest BCUT2D eigenvalue weighted by Crippen LogP contribution is 2.37. The van der Waals surface area contributed by atoms with E-state index in [0.717, 1.165) is 40.7 Å². The van der Waals surface area contributed by atoms with Gasteiger partial charge in [0.25, 0.3) is 0 Å². The molecule has 0 spiro atoms. The van der Waals surface area contributed by atoms with Crippen LogP contribution in [0.1, 0.15) is 22.3 Å². The Bertz CT molecular complexity index is 1260. The van der Waals surface area contributed by atoms with Crippen LogP contribution in [0.2, 0.25) is 0 Å². The molecule has 0 amide bonds. The van der Waals surface area contributed by atoms with Gasteiger partial charge >= 0.3 is 5.63 Å². The van der Waals surface area contributed by atoms with Crippen LogP contribution in [0.15, 0.2) is 63.8 Å². The first-order valence-electron chi connectivity index (χ1n) is 9.49. The Hall–Kier alpha value is -3.11. The Balaban J connectivity index is 1.58. The molecule has 140 valence electrons. The minimum Gasteiger partial charge on any atom is -0.477 e. The molecule has 0 radical (unpaired) electrons. The van der Waals surface area contributed by atoms with Crippen molar-refractivity contribution in [2.45, 2.75) is 26.9 Å². The van der Waals surface area contributed by atoms with E-state index in [2.05, 4.69) is 42.2 Å². The monoisotopic (exact) mass is 371 g/mol. The summed E-state index contributed by atoms with van der Waals surface area (Å²) in [7, 11) is 0. The van der Waals surface area contributed by atoms with Crippen LogP contribution in [0, 0.1) is 13.8 Å². The molecular weight excluding hydrogens is 350 g/mol. The van der Waals surface area contributed by atoms with Gasteiger partial charge in [0.05, 0.1) is 5.39 Å². The van der Waals surface area contributed by atoms with E-state index in [4.69, 9.17) is 9.15 Å². The fourth-order valence-electron chi connectivity index (χ4n) is 4.04. The van der Waals surface area contributed by atoms with Crippen molar-refractivity contribution in [1.82, 2.24) is 4.90 Å². The molecule has 0 saturated carbocycles. The van der Waals surface area contributed by atoms with Crippen molar-refractivity contribution in [2.24, 2.45) is 0 Å². The van der Waals surface area contributed by atoms with Gasteiger partial charge in [-0.1, -0.05) is 48.0 Å². The number of hydrogen-bond acceptors (Lipinski definition) is 4. The van der Waals surface area contributed by atoms with Gasteiger partial charge in [0.2, 0.25) is 0 Å². The number of aryl methyl sites for hydroxylation is 2. The minimum absolute atomic E-state index is 0.303. The second kappa shape index (κ2) is 6.50. The highest BCUT2D eigenvalue weighted by Gasteiger charge is 2.23. The molecule has 1 aliphatic rings. The molecular formula is C24H21NO3. The highest BCUT2D eigenvalue weighted by atomic mass is 16.5. The Labute approximate surface area is 163 Å². The van der Waals surface area contributed by atoms with Crippen LogP contribution in [0.5, 0.6) is 5.75 Å². The van der Waals surface area contributed by atoms with E-state index >= 15 is 0 Å². The Morgan fingerprint density at radius 1 is 0.964 bits per heavy atom. The molecule has 28 heavy (non-hydrogen) atoms. The fraction of sp³-hybridized carbons (Fsp3) is 0.208. The van der Waals surface area contributed by atoms with Crippen molar-refractivity contribution in [2.75, 3.05) is 6.73 Å². The molecule has 1 aliphatic heterocycles. The van der Waals surface area contributed by atoms with E-state index in [1.54, 1.807) is 0 Å². The molecule has 0 saturated heterocycles. The average molecular weight is 371 g/mol. The molecule has 5 rings (SSSR count). The van der Waals surface area contributed by atoms with E-state index in [1.165, 1.54) is 11.1 Å². The van der Waals surface area contributed by atoms with Crippen LogP contribution < -0.4 is 10.4 Å². The third kappa shape index (κ3) is 2.77. The zero-order chi connectivity index (χ0) is 19.3. The van der Waals surface area contributed by atoms with Crippen LogP contribution in [-0.4, -0.2) is 11.6 Å². The normalized spacial score (nSPS) is 14.2. The largest absolute Gasteiger partial charge is 0.477 e. The molecule has 1 aromatic heterocycles. The molecule has 4 nitrogen and oxygen atoms in total. The maximum absolute atomic E-state index is 12.4. The Morgan fingerprint density at radius 2 is 1.71 bits per heavy atom. The summed E-state index contributed by atoms with van der Waals surface area (Å²) in [5, 5.41) is 2.50. The van der Waals surface area contributed by atoms with Crippen molar-refractivity contribution < 1.29 is 9.15 Å². The first-order valence-corrected chi connectivity index (χ1v) is 9.49. The summed E-state index contributed by atoms with van der Waals surface area (Å²) in [6, 6.07) is 18.3. The SMILES string of the molecule is Cc1ccc(CN2COc3c(cc4c(oc(=O)c5ccccc54)c3C)C2)cc1. The average Bonchev–Trinajstić information content (AvgIpc) is 2.71. The van der Waals surface area contributed by atoms with Gasteiger partial charge in [-0.25, -0.2) is 4.79 Å². The zero-order valence-electron chi connectivity index (χ0n) is 16.0. The maximum atomic E-state index is 12.4. The standard InChI is InChI=1S/C24H21NO3/c1-15-7-9-17(10-8-15)12-25-13-18-11-21-19-5-3-4-6-20(19)24(26)28-23(21)16(2)22(18)27-14-25/h3-11H,12-14H2,1-2H3. The molecule has 0 fully saturated rings. The van der Waals surface area contributed by atoms with E-state index in [0.29, 0.717) is 17.7 Å². The van der Waals surface area contributed by atoms with Gasteiger partial charge in [0.15, 0.2) is 0 Å². The number of hydrogen-bond donors (Lipinski definition) is 0. The lowest BCUT2D eigenvalue weighted by atomic mass is 10.00. The number of rotatable bonds is 2. The molecule has 3 aromatic carbocycles. The quantitative estimate of drug-likeness (QED) is 0.371.